The van der Waals surface area contributed by atoms with Crippen LogP contribution in [0.25, 0.3) is 0 Å². The minimum atomic E-state index is -0.145. The zero-order valence-corrected chi connectivity index (χ0v) is 11.9. The standard InChI is InChI=1S/C13H25NO2S/c1-3-12(4-2,9-15)8-14-11(16)7-13(10-17)5-6-13/h15,17H,3-10H2,1-2H3,(H,14,16). The minimum Gasteiger partial charge on any atom is -0.396 e. The van der Waals surface area contributed by atoms with Gasteiger partial charge in [-0.2, -0.15) is 12.6 Å². The van der Waals surface area contributed by atoms with Gasteiger partial charge in [0.25, 0.3) is 0 Å². The maximum Gasteiger partial charge on any atom is 0.220 e. The van der Waals surface area contributed by atoms with Crippen molar-refractivity contribution in [3.05, 3.63) is 0 Å². The van der Waals surface area contributed by atoms with Crippen molar-refractivity contribution in [2.45, 2.75) is 46.0 Å². The lowest BCUT2D eigenvalue weighted by atomic mass is 9.83. The van der Waals surface area contributed by atoms with Gasteiger partial charge in [-0.05, 0) is 36.9 Å². The molecule has 0 aromatic rings. The topological polar surface area (TPSA) is 49.3 Å². The number of aliphatic hydroxyl groups is 1. The van der Waals surface area contributed by atoms with E-state index in [1.54, 1.807) is 0 Å². The summed E-state index contributed by atoms with van der Waals surface area (Å²) in [7, 11) is 0. The predicted molar refractivity (Wildman–Crippen MR) is 73.2 cm³/mol. The molecule has 0 saturated heterocycles. The van der Waals surface area contributed by atoms with Crippen molar-refractivity contribution in [3.8, 4) is 0 Å². The van der Waals surface area contributed by atoms with Gasteiger partial charge in [0, 0.05) is 18.4 Å². The molecule has 1 saturated carbocycles. The number of carbonyl (C=O) groups excluding carboxylic acids is 1. The van der Waals surface area contributed by atoms with E-state index in [4.69, 9.17) is 0 Å². The van der Waals surface area contributed by atoms with E-state index in [1.807, 2.05) is 0 Å². The van der Waals surface area contributed by atoms with Gasteiger partial charge in [-0.15, -0.1) is 0 Å². The summed E-state index contributed by atoms with van der Waals surface area (Å²) in [4.78, 5) is 11.8. The summed E-state index contributed by atoms with van der Waals surface area (Å²) >= 11 is 4.30. The second-order valence-electron chi connectivity index (χ2n) is 5.48. The molecule has 0 atom stereocenters. The Balaban J connectivity index is 2.36. The first-order chi connectivity index (χ1) is 8.05. The molecule has 0 bridgehead atoms. The van der Waals surface area contributed by atoms with Gasteiger partial charge in [-0.3, -0.25) is 4.79 Å². The van der Waals surface area contributed by atoms with Gasteiger partial charge < -0.3 is 10.4 Å². The highest BCUT2D eigenvalue weighted by Gasteiger charge is 2.43. The molecule has 1 amide bonds. The number of carbonyl (C=O) groups is 1. The van der Waals surface area contributed by atoms with E-state index >= 15 is 0 Å². The normalized spacial score (nSPS) is 17.9. The summed E-state index contributed by atoms with van der Waals surface area (Å²) in [6.07, 6.45) is 4.61. The maximum absolute atomic E-state index is 11.8. The molecular formula is C13H25NO2S. The van der Waals surface area contributed by atoms with E-state index in [2.05, 4.69) is 31.8 Å². The second kappa shape index (κ2) is 6.10. The summed E-state index contributed by atoms with van der Waals surface area (Å²) in [5.41, 5.74) is 0.0286. The van der Waals surface area contributed by atoms with Gasteiger partial charge in [0.2, 0.25) is 5.91 Å². The highest BCUT2D eigenvalue weighted by Crippen LogP contribution is 2.49. The van der Waals surface area contributed by atoms with Gasteiger partial charge in [0.1, 0.15) is 0 Å². The summed E-state index contributed by atoms with van der Waals surface area (Å²) in [6.45, 7) is 4.83. The minimum absolute atomic E-state index is 0.108. The monoisotopic (exact) mass is 259 g/mol. The average Bonchev–Trinajstić information content (AvgIpc) is 3.12. The molecule has 0 aromatic heterocycles. The fraction of sp³-hybridized carbons (Fsp3) is 0.923. The van der Waals surface area contributed by atoms with Crippen LogP contribution in [0.1, 0.15) is 46.0 Å². The second-order valence-corrected chi connectivity index (χ2v) is 5.79. The predicted octanol–water partition coefficient (Wildman–Crippen LogP) is 2.00. The van der Waals surface area contributed by atoms with Crippen LogP contribution in [0.4, 0.5) is 0 Å². The van der Waals surface area contributed by atoms with E-state index in [9.17, 15) is 9.90 Å². The van der Waals surface area contributed by atoms with Crippen LogP contribution in [0, 0.1) is 10.8 Å². The van der Waals surface area contributed by atoms with Crippen molar-refractivity contribution in [2.24, 2.45) is 10.8 Å². The molecule has 0 unspecified atom stereocenters. The largest absolute Gasteiger partial charge is 0.396 e. The highest BCUT2D eigenvalue weighted by atomic mass is 32.1. The molecule has 100 valence electrons. The van der Waals surface area contributed by atoms with Crippen molar-refractivity contribution in [3.63, 3.8) is 0 Å². The van der Waals surface area contributed by atoms with Gasteiger partial charge in [0.15, 0.2) is 0 Å². The number of rotatable bonds is 8. The van der Waals surface area contributed by atoms with E-state index in [0.717, 1.165) is 31.4 Å². The third kappa shape index (κ3) is 3.88. The summed E-state index contributed by atoms with van der Waals surface area (Å²) < 4.78 is 0. The van der Waals surface area contributed by atoms with Crippen LogP contribution in [0.3, 0.4) is 0 Å². The van der Waals surface area contributed by atoms with Crippen LogP contribution in [0.2, 0.25) is 0 Å². The Morgan fingerprint density at radius 3 is 2.35 bits per heavy atom. The third-order valence-electron chi connectivity index (χ3n) is 4.32. The van der Waals surface area contributed by atoms with E-state index < -0.39 is 0 Å². The molecule has 0 radical (unpaired) electrons. The molecule has 0 spiro atoms. The first kappa shape index (κ1) is 14.8. The lowest BCUT2D eigenvalue weighted by molar-refractivity contribution is -0.122. The molecular weight excluding hydrogens is 234 g/mol. The Kier molecular flexibility index (Phi) is 5.32. The number of aliphatic hydroxyl groups excluding tert-OH is 1. The summed E-state index contributed by atoms with van der Waals surface area (Å²) in [5.74, 6) is 0.906. The maximum atomic E-state index is 11.8. The van der Waals surface area contributed by atoms with Gasteiger partial charge in [-0.1, -0.05) is 13.8 Å². The lowest BCUT2D eigenvalue weighted by Gasteiger charge is -2.29. The van der Waals surface area contributed by atoms with Crippen molar-refractivity contribution >= 4 is 18.5 Å². The quantitative estimate of drug-likeness (QED) is 0.584. The zero-order chi connectivity index (χ0) is 12.9. The van der Waals surface area contributed by atoms with Crippen molar-refractivity contribution in [1.29, 1.82) is 0 Å². The molecule has 0 aliphatic heterocycles. The molecule has 3 nitrogen and oxygen atoms in total. The Labute approximate surface area is 110 Å². The Hall–Kier alpha value is -0.220. The Bertz CT molecular complexity index is 252. The van der Waals surface area contributed by atoms with Crippen LogP contribution in [-0.4, -0.2) is 29.9 Å². The van der Waals surface area contributed by atoms with Crippen LogP contribution in [0.15, 0.2) is 0 Å². The SMILES string of the molecule is CCC(CC)(CO)CNC(=O)CC1(CS)CC1. The van der Waals surface area contributed by atoms with E-state index in [1.165, 1.54) is 0 Å². The molecule has 1 aliphatic rings. The van der Waals surface area contributed by atoms with Crippen LogP contribution >= 0.6 is 12.6 Å². The van der Waals surface area contributed by atoms with E-state index in [0.29, 0.717) is 13.0 Å². The average molecular weight is 259 g/mol. The number of nitrogens with one attached hydrogen (secondary N) is 1. The Morgan fingerprint density at radius 1 is 1.41 bits per heavy atom. The molecule has 17 heavy (non-hydrogen) atoms. The molecule has 0 heterocycles. The van der Waals surface area contributed by atoms with Gasteiger partial charge in [0.05, 0.1) is 6.61 Å². The molecule has 2 N–H and O–H groups in total. The van der Waals surface area contributed by atoms with Crippen molar-refractivity contribution in [1.82, 2.24) is 5.32 Å². The van der Waals surface area contributed by atoms with Gasteiger partial charge >= 0.3 is 0 Å². The Morgan fingerprint density at radius 2 is 2.00 bits per heavy atom. The third-order valence-corrected chi connectivity index (χ3v) is 4.99. The van der Waals surface area contributed by atoms with Crippen LogP contribution in [0.5, 0.6) is 0 Å². The molecule has 1 fully saturated rings. The first-order valence-corrected chi connectivity index (χ1v) is 7.17. The molecule has 0 aromatic carbocycles. The van der Waals surface area contributed by atoms with Crippen molar-refractivity contribution in [2.75, 3.05) is 18.9 Å². The first-order valence-electron chi connectivity index (χ1n) is 6.54. The number of amides is 1. The molecule has 4 heteroatoms. The zero-order valence-electron chi connectivity index (χ0n) is 11.0. The number of hydrogen-bond donors (Lipinski definition) is 3. The van der Waals surface area contributed by atoms with Crippen molar-refractivity contribution < 1.29 is 9.90 Å². The summed E-state index contributed by atoms with van der Waals surface area (Å²) in [6, 6.07) is 0. The number of hydrogen-bond acceptors (Lipinski definition) is 3. The summed E-state index contributed by atoms with van der Waals surface area (Å²) in [5, 5.41) is 12.4. The highest BCUT2D eigenvalue weighted by molar-refractivity contribution is 7.80. The van der Waals surface area contributed by atoms with Gasteiger partial charge in [-0.25, -0.2) is 0 Å². The van der Waals surface area contributed by atoms with E-state index in [-0.39, 0.29) is 23.3 Å². The smallest absolute Gasteiger partial charge is 0.220 e. The molecule has 1 aliphatic carbocycles. The molecule has 1 rings (SSSR count). The fourth-order valence-electron chi connectivity index (χ4n) is 2.04. The number of thiol groups is 1. The lowest BCUT2D eigenvalue weighted by Crippen LogP contribution is -2.40. The van der Waals surface area contributed by atoms with Crippen LogP contribution in [-0.2, 0) is 4.79 Å². The fourth-order valence-corrected chi connectivity index (χ4v) is 2.46. The van der Waals surface area contributed by atoms with Crippen LogP contribution < -0.4 is 5.32 Å².